The molecule has 0 saturated carbocycles. The van der Waals surface area contributed by atoms with Gasteiger partial charge in [0.15, 0.2) is 0 Å². The number of aromatic carboxylic acids is 1. The minimum absolute atomic E-state index is 0.245. The second-order valence-corrected chi connectivity index (χ2v) is 5.09. The summed E-state index contributed by atoms with van der Waals surface area (Å²) in [4.78, 5) is 10.7. The minimum Gasteiger partial charge on any atom is -0.478 e. The van der Waals surface area contributed by atoms with E-state index in [0.29, 0.717) is 6.54 Å². The zero-order valence-electron chi connectivity index (χ0n) is 11.8. The first kappa shape index (κ1) is 15.2. The Morgan fingerprint density at radius 2 is 1.90 bits per heavy atom. The predicted molar refractivity (Wildman–Crippen MR) is 79.8 cm³/mol. The zero-order chi connectivity index (χ0) is 15.2. The summed E-state index contributed by atoms with van der Waals surface area (Å²) in [6, 6.07) is 14.6. The van der Waals surface area contributed by atoms with Crippen LogP contribution in [0.1, 0.15) is 28.4 Å². The molecule has 0 saturated heterocycles. The van der Waals surface area contributed by atoms with Gasteiger partial charge in [-0.25, -0.2) is 9.18 Å². The third-order valence-corrected chi connectivity index (χ3v) is 3.30. The van der Waals surface area contributed by atoms with Gasteiger partial charge in [0.2, 0.25) is 0 Å². The Morgan fingerprint density at radius 3 is 2.52 bits per heavy atom. The second-order valence-electron chi connectivity index (χ2n) is 5.09. The summed E-state index contributed by atoms with van der Waals surface area (Å²) in [7, 11) is 0. The van der Waals surface area contributed by atoms with Crippen LogP contribution >= 0.6 is 0 Å². The van der Waals surface area contributed by atoms with Crippen LogP contribution in [0.5, 0.6) is 0 Å². The number of halogens is 1. The fraction of sp³-hybridized carbons (Fsp3) is 0.235. The summed E-state index contributed by atoms with van der Waals surface area (Å²) in [5.74, 6) is -1.94. The normalized spacial score (nSPS) is 12.1. The molecule has 4 heteroatoms. The highest BCUT2D eigenvalue weighted by Gasteiger charge is 2.10. The van der Waals surface area contributed by atoms with E-state index in [-0.39, 0.29) is 11.6 Å². The van der Waals surface area contributed by atoms with Crippen molar-refractivity contribution in [2.75, 3.05) is 0 Å². The Bertz CT molecular complexity index is 613. The maximum atomic E-state index is 13.6. The number of carboxylic acid groups (broad SMARTS) is 1. The SMILES string of the molecule is CC(Cc1ccccc1)NCc1ccc(C(=O)O)c(F)c1. The van der Waals surface area contributed by atoms with Gasteiger partial charge in [-0.2, -0.15) is 0 Å². The molecule has 0 radical (unpaired) electrons. The topological polar surface area (TPSA) is 49.3 Å². The molecule has 0 aliphatic heterocycles. The van der Waals surface area contributed by atoms with Crippen LogP contribution in [0, 0.1) is 5.82 Å². The number of hydrogen-bond acceptors (Lipinski definition) is 2. The Hall–Kier alpha value is -2.20. The maximum absolute atomic E-state index is 13.6. The van der Waals surface area contributed by atoms with Gasteiger partial charge in [-0.05, 0) is 36.6 Å². The molecule has 0 aliphatic carbocycles. The quantitative estimate of drug-likeness (QED) is 0.857. The molecule has 0 aliphatic rings. The second kappa shape index (κ2) is 6.99. The van der Waals surface area contributed by atoms with E-state index in [2.05, 4.69) is 24.4 Å². The Morgan fingerprint density at radius 1 is 1.19 bits per heavy atom. The van der Waals surface area contributed by atoms with Crippen LogP contribution in [-0.2, 0) is 13.0 Å². The lowest BCUT2D eigenvalue weighted by Crippen LogP contribution is -2.27. The molecule has 1 atom stereocenters. The molecule has 3 nitrogen and oxygen atoms in total. The molecule has 0 fully saturated rings. The molecule has 2 rings (SSSR count). The monoisotopic (exact) mass is 287 g/mol. The molecular formula is C17H18FNO2. The van der Waals surface area contributed by atoms with Crippen molar-refractivity contribution in [1.29, 1.82) is 0 Å². The van der Waals surface area contributed by atoms with Gasteiger partial charge in [-0.1, -0.05) is 36.4 Å². The van der Waals surface area contributed by atoms with Crippen molar-refractivity contribution in [2.45, 2.75) is 25.9 Å². The number of rotatable bonds is 6. The average molecular weight is 287 g/mol. The van der Waals surface area contributed by atoms with E-state index in [1.165, 1.54) is 17.7 Å². The van der Waals surface area contributed by atoms with E-state index >= 15 is 0 Å². The lowest BCUT2D eigenvalue weighted by atomic mass is 10.1. The van der Waals surface area contributed by atoms with Crippen LogP contribution in [0.15, 0.2) is 48.5 Å². The van der Waals surface area contributed by atoms with E-state index < -0.39 is 11.8 Å². The zero-order valence-corrected chi connectivity index (χ0v) is 11.8. The molecule has 0 aromatic heterocycles. The number of nitrogens with one attached hydrogen (secondary N) is 1. The lowest BCUT2D eigenvalue weighted by molar-refractivity contribution is 0.0692. The highest BCUT2D eigenvalue weighted by molar-refractivity contribution is 5.87. The molecule has 2 aromatic rings. The smallest absolute Gasteiger partial charge is 0.338 e. The largest absolute Gasteiger partial charge is 0.478 e. The van der Waals surface area contributed by atoms with Gasteiger partial charge in [0.25, 0.3) is 0 Å². The van der Waals surface area contributed by atoms with E-state index in [1.54, 1.807) is 6.07 Å². The molecule has 110 valence electrons. The standard InChI is InChI=1S/C17H18FNO2/c1-12(9-13-5-3-2-4-6-13)19-11-14-7-8-15(17(20)21)16(18)10-14/h2-8,10,12,19H,9,11H2,1H3,(H,20,21). The van der Waals surface area contributed by atoms with Crippen LogP contribution in [0.25, 0.3) is 0 Å². The van der Waals surface area contributed by atoms with Crippen molar-refractivity contribution in [2.24, 2.45) is 0 Å². The van der Waals surface area contributed by atoms with Crippen LogP contribution in [0.3, 0.4) is 0 Å². The molecule has 2 aromatic carbocycles. The predicted octanol–water partition coefficient (Wildman–Crippen LogP) is 3.24. The molecule has 1 unspecified atom stereocenters. The lowest BCUT2D eigenvalue weighted by Gasteiger charge is -2.14. The van der Waals surface area contributed by atoms with Crippen molar-refractivity contribution in [3.63, 3.8) is 0 Å². The van der Waals surface area contributed by atoms with Gasteiger partial charge in [0, 0.05) is 12.6 Å². The first-order valence-electron chi connectivity index (χ1n) is 6.85. The van der Waals surface area contributed by atoms with Crippen molar-refractivity contribution < 1.29 is 14.3 Å². The van der Waals surface area contributed by atoms with E-state index in [0.717, 1.165) is 12.0 Å². The highest BCUT2D eigenvalue weighted by atomic mass is 19.1. The van der Waals surface area contributed by atoms with Crippen molar-refractivity contribution in [1.82, 2.24) is 5.32 Å². The van der Waals surface area contributed by atoms with Crippen LogP contribution in [0.2, 0.25) is 0 Å². The fourth-order valence-corrected chi connectivity index (χ4v) is 2.17. The van der Waals surface area contributed by atoms with E-state index in [9.17, 15) is 9.18 Å². The number of carboxylic acids is 1. The first-order chi connectivity index (χ1) is 10.1. The van der Waals surface area contributed by atoms with Gasteiger partial charge < -0.3 is 10.4 Å². The number of hydrogen-bond donors (Lipinski definition) is 2. The summed E-state index contributed by atoms with van der Waals surface area (Å²) < 4.78 is 13.6. The van der Waals surface area contributed by atoms with E-state index in [1.807, 2.05) is 18.2 Å². The summed E-state index contributed by atoms with van der Waals surface area (Å²) in [6.07, 6.45) is 0.885. The van der Waals surface area contributed by atoms with E-state index in [4.69, 9.17) is 5.11 Å². The van der Waals surface area contributed by atoms with Gasteiger partial charge in [-0.3, -0.25) is 0 Å². The molecule has 0 spiro atoms. The first-order valence-corrected chi connectivity index (χ1v) is 6.85. The van der Waals surface area contributed by atoms with Crippen LogP contribution in [0.4, 0.5) is 4.39 Å². The van der Waals surface area contributed by atoms with Crippen molar-refractivity contribution in [3.8, 4) is 0 Å². The maximum Gasteiger partial charge on any atom is 0.338 e. The third kappa shape index (κ3) is 4.39. The summed E-state index contributed by atoms with van der Waals surface area (Å²) in [5, 5.41) is 12.1. The Balaban J connectivity index is 1.91. The van der Waals surface area contributed by atoms with Gasteiger partial charge in [0.1, 0.15) is 5.82 Å². The van der Waals surface area contributed by atoms with Gasteiger partial charge >= 0.3 is 5.97 Å². The molecule has 0 amide bonds. The summed E-state index contributed by atoms with van der Waals surface area (Å²) in [5.41, 5.74) is 1.68. The third-order valence-electron chi connectivity index (χ3n) is 3.30. The highest BCUT2D eigenvalue weighted by Crippen LogP contribution is 2.11. The summed E-state index contributed by atoms with van der Waals surface area (Å²) >= 11 is 0. The molecule has 21 heavy (non-hydrogen) atoms. The molecule has 2 N–H and O–H groups in total. The van der Waals surface area contributed by atoms with Crippen LogP contribution in [-0.4, -0.2) is 17.1 Å². The Kier molecular flexibility index (Phi) is 5.06. The van der Waals surface area contributed by atoms with Gasteiger partial charge in [-0.15, -0.1) is 0 Å². The average Bonchev–Trinajstić information content (AvgIpc) is 2.46. The Labute approximate surface area is 123 Å². The van der Waals surface area contributed by atoms with Crippen LogP contribution < -0.4 is 5.32 Å². The van der Waals surface area contributed by atoms with Crippen molar-refractivity contribution in [3.05, 3.63) is 71.0 Å². The molecule has 0 bridgehead atoms. The summed E-state index contributed by atoms with van der Waals surface area (Å²) in [6.45, 7) is 2.57. The van der Waals surface area contributed by atoms with Crippen molar-refractivity contribution >= 4 is 5.97 Å². The molecule has 0 heterocycles. The minimum atomic E-state index is -1.25. The molecular weight excluding hydrogens is 269 g/mol. The van der Waals surface area contributed by atoms with Gasteiger partial charge in [0.05, 0.1) is 5.56 Å². The number of carbonyl (C=O) groups is 1. The fourth-order valence-electron chi connectivity index (χ4n) is 2.17. The number of benzene rings is 2.